The topological polar surface area (TPSA) is 120 Å². The van der Waals surface area contributed by atoms with Gasteiger partial charge in [0.15, 0.2) is 5.13 Å². The normalized spacial score (nSPS) is 9.68. The summed E-state index contributed by atoms with van der Waals surface area (Å²) in [6.07, 6.45) is 1.09. The highest BCUT2D eigenvalue weighted by molar-refractivity contribution is 7.18. The molecule has 22 heavy (non-hydrogen) atoms. The number of para-hydroxylation sites is 1. The molecule has 1 aromatic heterocycles. The highest BCUT2D eigenvalue weighted by Gasteiger charge is 2.16. The molecule has 0 saturated carbocycles. The number of aromatic nitrogens is 1. The number of nitrogens with two attached hydrogens (primary N) is 1. The quantitative estimate of drug-likeness (QED) is 0.611. The molecular weight excluding hydrogens is 332 g/mol. The molecular formula is C12H13ClN4O4S. The molecule has 0 atom stereocenters. The summed E-state index contributed by atoms with van der Waals surface area (Å²) in [6, 6.07) is 6.66. The maximum Gasteiger partial charge on any atom is 0.345 e. The molecule has 3 N–H and O–H groups in total. The first-order chi connectivity index (χ1) is 10.1. The van der Waals surface area contributed by atoms with E-state index in [9.17, 15) is 14.9 Å². The van der Waals surface area contributed by atoms with Crippen molar-refractivity contribution in [3.63, 3.8) is 0 Å². The highest BCUT2D eigenvalue weighted by atomic mass is 35.5. The fourth-order valence-corrected chi connectivity index (χ4v) is 2.15. The van der Waals surface area contributed by atoms with Gasteiger partial charge in [-0.3, -0.25) is 20.2 Å². The number of rotatable bonds is 6. The van der Waals surface area contributed by atoms with Crippen molar-refractivity contribution < 1.29 is 14.5 Å². The predicted octanol–water partition coefficient (Wildman–Crippen LogP) is 2.06. The average molecular weight is 345 g/mol. The standard InChI is InChI=1S/C12H12N4O4S.ClH/c13-5-6-20-9-4-2-1-3-8(9)11(17)15-12-14-7-10(21-12)16(18)19;/h1-4,7H,5-6,13H2,(H,14,15,17);1H. The van der Waals surface area contributed by atoms with Crippen LogP contribution in [0.4, 0.5) is 10.1 Å². The second kappa shape index (κ2) is 8.27. The minimum atomic E-state index is -0.564. The number of anilines is 1. The summed E-state index contributed by atoms with van der Waals surface area (Å²) < 4.78 is 5.38. The van der Waals surface area contributed by atoms with Crippen LogP contribution in [0.25, 0.3) is 0 Å². The number of carbonyl (C=O) groups excluding carboxylic acids is 1. The number of hydrogen-bond donors (Lipinski definition) is 2. The SMILES string of the molecule is Cl.NCCOc1ccccc1C(=O)Nc1ncc([N+](=O)[O-])s1. The van der Waals surface area contributed by atoms with Crippen molar-refractivity contribution in [1.29, 1.82) is 0 Å². The molecule has 2 rings (SSSR count). The highest BCUT2D eigenvalue weighted by Crippen LogP contribution is 2.26. The Morgan fingerprint density at radius 3 is 2.82 bits per heavy atom. The molecule has 0 aliphatic carbocycles. The largest absolute Gasteiger partial charge is 0.491 e. The fourth-order valence-electron chi connectivity index (χ4n) is 1.52. The molecule has 0 saturated heterocycles. The maximum absolute atomic E-state index is 12.2. The van der Waals surface area contributed by atoms with Gasteiger partial charge in [0, 0.05) is 6.54 Å². The number of nitrogens with zero attached hydrogens (tertiary/aromatic N) is 2. The third-order valence-electron chi connectivity index (χ3n) is 2.40. The molecule has 0 aliphatic heterocycles. The molecule has 0 fully saturated rings. The smallest absolute Gasteiger partial charge is 0.345 e. The Bertz CT molecular complexity index is 664. The van der Waals surface area contributed by atoms with Crippen molar-refractivity contribution >= 4 is 39.8 Å². The van der Waals surface area contributed by atoms with Gasteiger partial charge in [-0.25, -0.2) is 4.98 Å². The number of ether oxygens (including phenoxy) is 1. The Morgan fingerprint density at radius 1 is 1.45 bits per heavy atom. The first-order valence-corrected chi connectivity index (χ1v) is 6.77. The van der Waals surface area contributed by atoms with Crippen LogP contribution in [0.5, 0.6) is 5.75 Å². The number of carbonyl (C=O) groups is 1. The first-order valence-electron chi connectivity index (χ1n) is 5.95. The van der Waals surface area contributed by atoms with E-state index in [1.54, 1.807) is 24.3 Å². The van der Waals surface area contributed by atoms with Gasteiger partial charge in [0.05, 0.1) is 10.5 Å². The molecule has 1 amide bonds. The fraction of sp³-hybridized carbons (Fsp3) is 0.167. The number of halogens is 1. The van der Waals surface area contributed by atoms with E-state index < -0.39 is 10.8 Å². The Balaban J connectivity index is 0.00000242. The summed E-state index contributed by atoms with van der Waals surface area (Å²) in [7, 11) is 0. The van der Waals surface area contributed by atoms with Crippen LogP contribution in [0, 0.1) is 10.1 Å². The number of nitrogens with one attached hydrogen (secondary N) is 1. The molecule has 0 bridgehead atoms. The van der Waals surface area contributed by atoms with Crippen LogP contribution in [0.15, 0.2) is 30.5 Å². The Kier molecular flexibility index (Phi) is 6.70. The molecule has 2 aromatic rings. The maximum atomic E-state index is 12.2. The minimum absolute atomic E-state index is 0. The van der Waals surface area contributed by atoms with Crippen LogP contribution in [-0.2, 0) is 0 Å². The summed E-state index contributed by atoms with van der Waals surface area (Å²) in [4.78, 5) is 25.9. The molecule has 8 nitrogen and oxygen atoms in total. The third-order valence-corrected chi connectivity index (χ3v) is 3.27. The zero-order chi connectivity index (χ0) is 15.2. The summed E-state index contributed by atoms with van der Waals surface area (Å²) in [5, 5.41) is 13.1. The zero-order valence-corrected chi connectivity index (χ0v) is 12.9. The van der Waals surface area contributed by atoms with E-state index in [1.807, 2.05) is 0 Å². The van der Waals surface area contributed by atoms with Gasteiger partial charge >= 0.3 is 5.00 Å². The molecule has 0 radical (unpaired) electrons. The van der Waals surface area contributed by atoms with Crippen molar-refractivity contribution in [2.24, 2.45) is 5.73 Å². The lowest BCUT2D eigenvalue weighted by atomic mass is 10.2. The van der Waals surface area contributed by atoms with Gasteiger partial charge in [-0.1, -0.05) is 12.1 Å². The molecule has 1 heterocycles. The van der Waals surface area contributed by atoms with Crippen molar-refractivity contribution in [3.05, 3.63) is 46.1 Å². The van der Waals surface area contributed by atoms with Crippen LogP contribution in [-0.4, -0.2) is 29.0 Å². The van der Waals surface area contributed by atoms with Crippen molar-refractivity contribution in [2.75, 3.05) is 18.5 Å². The lowest BCUT2D eigenvalue weighted by Crippen LogP contribution is -2.16. The van der Waals surface area contributed by atoms with Gasteiger partial charge < -0.3 is 10.5 Å². The van der Waals surface area contributed by atoms with Crippen LogP contribution in [0.1, 0.15) is 10.4 Å². The lowest BCUT2D eigenvalue weighted by molar-refractivity contribution is -0.380. The van der Waals surface area contributed by atoms with E-state index >= 15 is 0 Å². The van der Waals surface area contributed by atoms with E-state index in [0.717, 1.165) is 17.5 Å². The molecule has 10 heteroatoms. The van der Waals surface area contributed by atoms with Crippen molar-refractivity contribution in [2.45, 2.75) is 0 Å². The van der Waals surface area contributed by atoms with Gasteiger partial charge in [-0.05, 0) is 23.5 Å². The number of amides is 1. The number of thiazole rings is 1. The summed E-state index contributed by atoms with van der Waals surface area (Å²) in [5.74, 6) is -0.0571. The number of nitro groups is 1. The van der Waals surface area contributed by atoms with Gasteiger partial charge in [0.25, 0.3) is 5.91 Å². The van der Waals surface area contributed by atoms with Crippen LogP contribution in [0.2, 0.25) is 0 Å². The summed E-state index contributed by atoms with van der Waals surface area (Å²) in [5.41, 5.74) is 5.67. The molecule has 0 spiro atoms. The Labute approximate surface area is 135 Å². The third kappa shape index (κ3) is 4.38. The molecule has 118 valence electrons. The minimum Gasteiger partial charge on any atom is -0.491 e. The second-order valence-corrected chi connectivity index (χ2v) is 4.86. The lowest BCUT2D eigenvalue weighted by Gasteiger charge is -2.09. The van der Waals surface area contributed by atoms with E-state index in [2.05, 4.69) is 10.3 Å². The first kappa shape index (κ1) is 17.8. The Hall–Kier alpha value is -2.23. The molecule has 0 aliphatic rings. The van der Waals surface area contributed by atoms with Gasteiger partial charge in [0.2, 0.25) is 0 Å². The van der Waals surface area contributed by atoms with E-state index in [1.165, 1.54) is 0 Å². The number of hydrogen-bond acceptors (Lipinski definition) is 7. The van der Waals surface area contributed by atoms with E-state index in [4.69, 9.17) is 10.5 Å². The summed E-state index contributed by atoms with van der Waals surface area (Å²) >= 11 is 0.785. The van der Waals surface area contributed by atoms with Crippen molar-refractivity contribution in [1.82, 2.24) is 4.98 Å². The zero-order valence-electron chi connectivity index (χ0n) is 11.2. The van der Waals surface area contributed by atoms with Crippen LogP contribution in [0.3, 0.4) is 0 Å². The predicted molar refractivity (Wildman–Crippen MR) is 85.0 cm³/mol. The monoisotopic (exact) mass is 344 g/mol. The number of benzene rings is 1. The molecule has 1 aromatic carbocycles. The second-order valence-electron chi connectivity index (χ2n) is 3.85. The van der Waals surface area contributed by atoms with E-state index in [0.29, 0.717) is 17.9 Å². The average Bonchev–Trinajstić information content (AvgIpc) is 2.94. The Morgan fingerprint density at radius 2 is 2.18 bits per heavy atom. The van der Waals surface area contributed by atoms with Crippen molar-refractivity contribution in [3.8, 4) is 5.75 Å². The van der Waals surface area contributed by atoms with Crippen LogP contribution < -0.4 is 15.8 Å². The molecule has 0 unspecified atom stereocenters. The summed E-state index contributed by atoms with van der Waals surface area (Å²) in [6.45, 7) is 0.613. The van der Waals surface area contributed by atoms with Gasteiger partial charge in [0.1, 0.15) is 18.6 Å². The van der Waals surface area contributed by atoms with E-state index in [-0.39, 0.29) is 29.1 Å². The van der Waals surface area contributed by atoms with Crippen LogP contribution >= 0.6 is 23.7 Å². The van der Waals surface area contributed by atoms with Gasteiger partial charge in [-0.2, -0.15) is 0 Å². The van der Waals surface area contributed by atoms with Gasteiger partial charge in [-0.15, -0.1) is 12.4 Å².